The Morgan fingerprint density at radius 2 is 1.88 bits per heavy atom. The van der Waals surface area contributed by atoms with Gasteiger partial charge < -0.3 is 24.3 Å². The summed E-state index contributed by atoms with van der Waals surface area (Å²) < 4.78 is 12.1. The van der Waals surface area contributed by atoms with Gasteiger partial charge in [-0.05, 0) is 53.8 Å². The lowest BCUT2D eigenvalue weighted by atomic mass is 9.86. The van der Waals surface area contributed by atoms with Crippen molar-refractivity contribution < 1.29 is 19.1 Å². The topological polar surface area (TPSA) is 98.6 Å². The van der Waals surface area contributed by atoms with E-state index in [9.17, 15) is 9.59 Å². The molecule has 1 aromatic carbocycles. The predicted molar refractivity (Wildman–Crippen MR) is 153 cm³/mol. The number of hydrogen-bond donors (Lipinski definition) is 1. The van der Waals surface area contributed by atoms with Crippen LogP contribution in [0.5, 0.6) is 0 Å². The Labute approximate surface area is 238 Å². The lowest BCUT2D eigenvalue weighted by Gasteiger charge is -2.30. The number of pyridine rings is 1. The highest BCUT2D eigenvalue weighted by atomic mass is 35.5. The molecule has 0 radical (unpaired) electrons. The quantitative estimate of drug-likeness (QED) is 0.470. The maximum absolute atomic E-state index is 12.9. The van der Waals surface area contributed by atoms with Gasteiger partial charge in [-0.3, -0.25) is 14.6 Å². The zero-order valence-electron chi connectivity index (χ0n) is 22.8. The molecule has 1 unspecified atom stereocenters. The van der Waals surface area contributed by atoms with Gasteiger partial charge in [0.25, 0.3) is 0 Å². The van der Waals surface area contributed by atoms with Gasteiger partial charge in [0.15, 0.2) is 0 Å². The number of halogens is 1. The summed E-state index contributed by atoms with van der Waals surface area (Å²) in [6.45, 7) is 1.22. The van der Waals surface area contributed by atoms with Crippen LogP contribution in [0.3, 0.4) is 0 Å². The highest BCUT2D eigenvalue weighted by Crippen LogP contribution is 2.44. The Bertz CT molecular complexity index is 1480. The molecule has 1 saturated heterocycles. The summed E-state index contributed by atoms with van der Waals surface area (Å²) in [6, 6.07) is 9.26. The number of aromatic nitrogens is 3. The molecule has 40 heavy (non-hydrogen) atoms. The zero-order valence-corrected chi connectivity index (χ0v) is 23.6. The highest BCUT2D eigenvalue weighted by molar-refractivity contribution is 6.31. The second kappa shape index (κ2) is 12.2. The van der Waals surface area contributed by atoms with Gasteiger partial charge in [0, 0.05) is 56.7 Å². The number of aryl methyl sites for hydroxylation is 1. The fourth-order valence-electron chi connectivity index (χ4n) is 5.47. The fraction of sp³-hybridized carbons (Fsp3) is 0.333. The predicted octanol–water partition coefficient (Wildman–Crippen LogP) is 3.90. The molecule has 2 amide bonds. The standard InChI is InChI=1S/C30H32ClN5O4/c1-35-18-32-15-25(35)30(34-26(37)16-39-2)24-13-20-5-4-10-33-29(20)28(22-7-6-21(31)14-23(22)24)19-8-11-36(12-9-19)27(38)17-40-3/h4-7,10,13-15,18,30H,8-9,11-12,16-17H2,1-3H3,(H,34,37). The molecule has 0 spiro atoms. The molecular formula is C30H32ClN5O4. The van der Waals surface area contributed by atoms with Crippen molar-refractivity contribution in [2.75, 3.05) is 40.5 Å². The summed E-state index contributed by atoms with van der Waals surface area (Å²) in [6.07, 6.45) is 8.77. The number of benzene rings is 1. The third-order valence-electron chi connectivity index (χ3n) is 7.33. The van der Waals surface area contributed by atoms with Crippen molar-refractivity contribution in [1.29, 1.82) is 0 Å². The minimum Gasteiger partial charge on any atom is -0.375 e. The molecule has 2 aromatic heterocycles. The van der Waals surface area contributed by atoms with Crippen LogP contribution in [0, 0.1) is 0 Å². The molecule has 3 heterocycles. The Kier molecular flexibility index (Phi) is 8.44. The van der Waals surface area contributed by atoms with Crippen LogP contribution in [0.25, 0.3) is 17.2 Å². The molecular weight excluding hydrogens is 530 g/mol. The third-order valence-corrected chi connectivity index (χ3v) is 7.57. The van der Waals surface area contributed by atoms with E-state index in [-0.39, 0.29) is 25.0 Å². The van der Waals surface area contributed by atoms with E-state index in [0.717, 1.165) is 39.2 Å². The molecule has 0 bridgehead atoms. The summed E-state index contributed by atoms with van der Waals surface area (Å²) in [5.74, 6) is -0.256. The molecule has 0 saturated carbocycles. The lowest BCUT2D eigenvalue weighted by molar-refractivity contribution is -0.135. The van der Waals surface area contributed by atoms with Crippen LogP contribution in [-0.4, -0.2) is 71.8 Å². The molecule has 208 valence electrons. The monoisotopic (exact) mass is 561 g/mol. The minimum absolute atomic E-state index is 0.00658. The van der Waals surface area contributed by atoms with Crippen molar-refractivity contribution in [1.82, 2.24) is 24.8 Å². The number of piperidine rings is 1. The van der Waals surface area contributed by atoms with E-state index >= 15 is 0 Å². The Morgan fingerprint density at radius 1 is 1.10 bits per heavy atom. The normalized spacial score (nSPS) is 15.6. The second-order valence-corrected chi connectivity index (χ2v) is 10.3. The highest BCUT2D eigenvalue weighted by Gasteiger charge is 2.31. The van der Waals surface area contributed by atoms with Crippen LogP contribution in [-0.2, 0) is 26.1 Å². The van der Waals surface area contributed by atoms with Gasteiger partial charge in [0.1, 0.15) is 13.2 Å². The number of likely N-dealkylation sites (tertiary alicyclic amines) is 1. The molecule has 1 fully saturated rings. The molecule has 1 atom stereocenters. The van der Waals surface area contributed by atoms with E-state index in [1.165, 1.54) is 19.8 Å². The minimum atomic E-state index is -0.529. The number of amides is 2. The number of carbonyl (C=O) groups is 2. The van der Waals surface area contributed by atoms with Crippen molar-refractivity contribution in [3.05, 3.63) is 87.7 Å². The van der Waals surface area contributed by atoms with E-state index in [4.69, 9.17) is 26.1 Å². The first-order chi connectivity index (χ1) is 19.4. The van der Waals surface area contributed by atoms with Crippen LogP contribution in [0.4, 0.5) is 0 Å². The average molecular weight is 562 g/mol. The molecule has 2 aliphatic rings. The van der Waals surface area contributed by atoms with Crippen molar-refractivity contribution >= 4 is 40.6 Å². The molecule has 5 rings (SSSR count). The van der Waals surface area contributed by atoms with Crippen molar-refractivity contribution in [2.45, 2.75) is 18.9 Å². The third kappa shape index (κ3) is 5.58. The summed E-state index contributed by atoms with van der Waals surface area (Å²) >= 11 is 6.60. The number of rotatable bonds is 7. The number of fused-ring (bicyclic) bond motifs is 2. The van der Waals surface area contributed by atoms with Gasteiger partial charge in [-0.15, -0.1) is 0 Å². The van der Waals surface area contributed by atoms with Crippen molar-refractivity contribution in [2.24, 2.45) is 7.05 Å². The number of ether oxygens (including phenoxy) is 2. The van der Waals surface area contributed by atoms with Crippen LogP contribution in [0.2, 0.25) is 5.02 Å². The molecule has 1 N–H and O–H groups in total. The van der Waals surface area contributed by atoms with Crippen molar-refractivity contribution in [3.63, 3.8) is 0 Å². The number of nitrogens with zero attached hydrogens (tertiary/aromatic N) is 4. The van der Waals surface area contributed by atoms with Crippen molar-refractivity contribution in [3.8, 4) is 0 Å². The summed E-state index contributed by atoms with van der Waals surface area (Å²) in [5.41, 5.74) is 7.61. The molecule has 1 aliphatic heterocycles. The average Bonchev–Trinajstić information content (AvgIpc) is 3.32. The lowest BCUT2D eigenvalue weighted by Crippen LogP contribution is -2.38. The van der Waals surface area contributed by atoms with Gasteiger partial charge in [0.2, 0.25) is 11.8 Å². The van der Waals surface area contributed by atoms with Gasteiger partial charge >= 0.3 is 0 Å². The van der Waals surface area contributed by atoms with Gasteiger partial charge in [-0.2, -0.15) is 0 Å². The maximum Gasteiger partial charge on any atom is 0.248 e. The van der Waals surface area contributed by atoms with E-state index in [1.807, 2.05) is 46.8 Å². The summed E-state index contributed by atoms with van der Waals surface area (Å²) in [7, 11) is 4.93. The number of hydrogen-bond acceptors (Lipinski definition) is 6. The van der Waals surface area contributed by atoms with E-state index < -0.39 is 6.04 Å². The molecule has 3 aromatic rings. The number of imidazole rings is 1. The molecule has 9 nitrogen and oxygen atoms in total. The second-order valence-electron chi connectivity index (χ2n) is 9.89. The fourth-order valence-corrected chi connectivity index (χ4v) is 5.64. The van der Waals surface area contributed by atoms with E-state index in [1.54, 1.807) is 18.7 Å². The Hall–Kier alpha value is -3.79. The first kappa shape index (κ1) is 27.8. The summed E-state index contributed by atoms with van der Waals surface area (Å²) in [4.78, 5) is 36.3. The molecule has 1 aliphatic carbocycles. The maximum atomic E-state index is 12.9. The number of nitrogens with one attached hydrogen (secondary N) is 1. The first-order valence-corrected chi connectivity index (χ1v) is 13.5. The van der Waals surface area contributed by atoms with Crippen LogP contribution < -0.4 is 5.32 Å². The van der Waals surface area contributed by atoms with Gasteiger partial charge in [-0.1, -0.05) is 29.3 Å². The first-order valence-electron chi connectivity index (χ1n) is 13.1. The zero-order chi connectivity index (χ0) is 28.2. The Balaban J connectivity index is 1.68. The van der Waals surface area contributed by atoms with Crippen LogP contribution in [0.15, 0.2) is 54.6 Å². The number of methoxy groups -OCH3 is 2. The largest absolute Gasteiger partial charge is 0.375 e. The summed E-state index contributed by atoms with van der Waals surface area (Å²) in [5, 5.41) is 3.73. The van der Waals surface area contributed by atoms with Crippen LogP contribution in [0.1, 0.15) is 47.0 Å². The van der Waals surface area contributed by atoms with E-state index in [0.29, 0.717) is 31.0 Å². The molecule has 10 heteroatoms. The van der Waals surface area contributed by atoms with Crippen LogP contribution >= 0.6 is 11.6 Å². The van der Waals surface area contributed by atoms with E-state index in [2.05, 4.69) is 16.4 Å². The van der Waals surface area contributed by atoms with Gasteiger partial charge in [0.05, 0.1) is 30.0 Å². The smallest absolute Gasteiger partial charge is 0.248 e. The SMILES string of the molecule is COCC(=O)NC(C1=Cc2cccnc2C(=C2CCN(C(=O)COC)CC2)c2ccc(Cl)cc21)c1cncn1C. The van der Waals surface area contributed by atoms with Gasteiger partial charge in [-0.25, -0.2) is 4.98 Å². The number of carbonyl (C=O) groups excluding carboxylic acids is 2. The Morgan fingerprint density at radius 3 is 2.58 bits per heavy atom.